The van der Waals surface area contributed by atoms with Crippen molar-refractivity contribution in [1.29, 1.82) is 0 Å². The van der Waals surface area contributed by atoms with E-state index in [1.54, 1.807) is 50.4 Å². The number of nitrogens with one attached hydrogen (secondary N) is 3. The highest BCUT2D eigenvalue weighted by Gasteiger charge is 2.42. The number of carbonyl (C=O) groups excluding carboxylic acids is 2. The number of hydrogen-bond acceptors (Lipinski definition) is 4. The Balaban J connectivity index is 1.89. The van der Waals surface area contributed by atoms with Gasteiger partial charge < -0.3 is 25.6 Å². The fourth-order valence-corrected chi connectivity index (χ4v) is 3.76. The molecule has 30 heavy (non-hydrogen) atoms. The van der Waals surface area contributed by atoms with Crippen molar-refractivity contribution in [2.24, 2.45) is 10.4 Å². The molecular weight excluding hydrogens is 382 g/mol. The van der Waals surface area contributed by atoms with Crippen LogP contribution in [-0.4, -0.2) is 70.1 Å². The number of amides is 2. The second kappa shape index (κ2) is 11.4. The predicted molar refractivity (Wildman–Crippen MR) is 119 cm³/mol. The fourth-order valence-electron chi connectivity index (χ4n) is 3.76. The molecule has 1 saturated carbocycles. The van der Waals surface area contributed by atoms with E-state index >= 15 is 0 Å². The van der Waals surface area contributed by atoms with E-state index in [0.29, 0.717) is 36.9 Å². The van der Waals surface area contributed by atoms with Crippen LogP contribution in [0.15, 0.2) is 29.3 Å². The van der Waals surface area contributed by atoms with Crippen LogP contribution in [0, 0.1) is 5.41 Å². The Morgan fingerprint density at radius 3 is 2.47 bits per heavy atom. The fraction of sp³-hybridized carbons (Fsp3) is 0.591. The van der Waals surface area contributed by atoms with Gasteiger partial charge >= 0.3 is 0 Å². The van der Waals surface area contributed by atoms with Gasteiger partial charge in [0.05, 0.1) is 19.1 Å². The molecule has 0 bridgehead atoms. The molecule has 3 N–H and O–H groups in total. The largest absolute Gasteiger partial charge is 0.497 e. The summed E-state index contributed by atoms with van der Waals surface area (Å²) in [5, 5.41) is 9.33. The topological polar surface area (TPSA) is 95.1 Å². The Bertz CT molecular complexity index is 742. The molecule has 2 rings (SSSR count). The monoisotopic (exact) mass is 417 g/mol. The molecule has 1 aliphatic rings. The summed E-state index contributed by atoms with van der Waals surface area (Å²) < 4.78 is 5.15. The first-order valence-corrected chi connectivity index (χ1v) is 10.6. The molecule has 0 radical (unpaired) electrons. The van der Waals surface area contributed by atoms with Crippen molar-refractivity contribution in [2.45, 2.75) is 32.6 Å². The summed E-state index contributed by atoms with van der Waals surface area (Å²) in [4.78, 5) is 31.4. The predicted octanol–water partition coefficient (Wildman–Crippen LogP) is 1.63. The van der Waals surface area contributed by atoms with Gasteiger partial charge in [-0.25, -0.2) is 0 Å². The maximum absolute atomic E-state index is 12.7. The first-order valence-electron chi connectivity index (χ1n) is 10.6. The number of ether oxygens (including phenoxy) is 1. The van der Waals surface area contributed by atoms with Gasteiger partial charge in [-0.05, 0) is 38.0 Å². The number of carbonyl (C=O) groups is 2. The lowest BCUT2D eigenvalue weighted by Crippen LogP contribution is -2.44. The first kappa shape index (κ1) is 23.5. The van der Waals surface area contributed by atoms with Gasteiger partial charge in [-0.1, -0.05) is 18.9 Å². The molecule has 1 aromatic carbocycles. The lowest BCUT2D eigenvalue weighted by molar-refractivity contribution is -0.138. The number of nitrogens with zero attached hydrogens (tertiary/aromatic N) is 2. The average molecular weight is 418 g/mol. The molecule has 0 aromatic heterocycles. The smallest absolute Gasteiger partial charge is 0.251 e. The van der Waals surface area contributed by atoms with Crippen LogP contribution in [0.3, 0.4) is 0 Å². The average Bonchev–Trinajstić information content (AvgIpc) is 3.24. The summed E-state index contributed by atoms with van der Waals surface area (Å²) in [5.41, 5.74) is 0.159. The third-order valence-corrected chi connectivity index (χ3v) is 5.34. The number of benzene rings is 1. The van der Waals surface area contributed by atoms with Gasteiger partial charge in [-0.3, -0.25) is 14.6 Å². The number of methoxy groups -OCH3 is 1. The van der Waals surface area contributed by atoms with Crippen LogP contribution in [0.2, 0.25) is 0 Å². The van der Waals surface area contributed by atoms with Gasteiger partial charge in [0, 0.05) is 39.3 Å². The highest BCUT2D eigenvalue weighted by molar-refractivity contribution is 5.94. The van der Waals surface area contributed by atoms with Gasteiger partial charge in [0.2, 0.25) is 5.91 Å². The van der Waals surface area contributed by atoms with Crippen molar-refractivity contribution < 1.29 is 14.3 Å². The van der Waals surface area contributed by atoms with E-state index in [1.165, 1.54) is 0 Å². The molecule has 1 fully saturated rings. The summed E-state index contributed by atoms with van der Waals surface area (Å²) in [5.74, 6) is 1.31. The summed E-state index contributed by atoms with van der Waals surface area (Å²) in [7, 11) is 5.19. The van der Waals surface area contributed by atoms with Crippen molar-refractivity contribution in [3.05, 3.63) is 29.8 Å². The number of hydrogen-bond donors (Lipinski definition) is 3. The van der Waals surface area contributed by atoms with Crippen LogP contribution in [-0.2, 0) is 4.79 Å². The quantitative estimate of drug-likeness (QED) is 0.322. The van der Waals surface area contributed by atoms with Crippen LogP contribution < -0.4 is 20.7 Å². The molecule has 0 heterocycles. The molecule has 0 spiro atoms. The lowest BCUT2D eigenvalue weighted by Gasteiger charge is -2.29. The SMILES string of the molecule is CCNC(=NCC1(C(=O)N(C)C)CCCC1)NCCNC(=O)c1cccc(OC)c1. The summed E-state index contributed by atoms with van der Waals surface area (Å²) in [6, 6.07) is 7.04. The standard InChI is InChI=1S/C22H35N5O3/c1-5-23-21(26-16-22(11-6-7-12-22)20(29)27(2)3)25-14-13-24-19(28)17-9-8-10-18(15-17)30-4/h8-10,15H,5-7,11-14,16H2,1-4H3,(H,24,28)(H2,23,25,26). The van der Waals surface area contributed by atoms with Gasteiger partial charge in [0.15, 0.2) is 5.96 Å². The number of guanidine groups is 1. The van der Waals surface area contributed by atoms with Crippen LogP contribution in [0.25, 0.3) is 0 Å². The second-order valence-corrected chi connectivity index (χ2v) is 7.80. The van der Waals surface area contributed by atoms with E-state index in [1.807, 2.05) is 6.92 Å². The van der Waals surface area contributed by atoms with Crippen LogP contribution in [0.5, 0.6) is 5.75 Å². The van der Waals surface area contributed by atoms with E-state index in [9.17, 15) is 9.59 Å². The molecule has 8 nitrogen and oxygen atoms in total. The Morgan fingerprint density at radius 1 is 1.13 bits per heavy atom. The summed E-state index contributed by atoms with van der Waals surface area (Å²) in [6.45, 7) is 4.16. The van der Waals surface area contributed by atoms with Crippen LogP contribution in [0.1, 0.15) is 43.0 Å². The zero-order valence-electron chi connectivity index (χ0n) is 18.6. The van der Waals surface area contributed by atoms with Crippen molar-refractivity contribution in [3.63, 3.8) is 0 Å². The van der Waals surface area contributed by atoms with Crippen molar-refractivity contribution >= 4 is 17.8 Å². The highest BCUT2D eigenvalue weighted by Crippen LogP contribution is 2.39. The van der Waals surface area contributed by atoms with E-state index < -0.39 is 5.41 Å². The normalized spacial score (nSPS) is 15.4. The molecule has 0 unspecified atom stereocenters. The minimum Gasteiger partial charge on any atom is -0.497 e. The highest BCUT2D eigenvalue weighted by atomic mass is 16.5. The van der Waals surface area contributed by atoms with Gasteiger partial charge in [-0.15, -0.1) is 0 Å². The third-order valence-electron chi connectivity index (χ3n) is 5.34. The minimum absolute atomic E-state index is 0.154. The van der Waals surface area contributed by atoms with E-state index in [2.05, 4.69) is 20.9 Å². The Labute approximate surface area is 179 Å². The zero-order chi connectivity index (χ0) is 22.0. The molecule has 0 saturated heterocycles. The van der Waals surface area contributed by atoms with Gasteiger partial charge in [0.1, 0.15) is 5.75 Å². The van der Waals surface area contributed by atoms with Gasteiger partial charge in [0.25, 0.3) is 5.91 Å². The molecule has 2 amide bonds. The Hall–Kier alpha value is -2.77. The molecule has 1 aliphatic carbocycles. The summed E-state index contributed by atoms with van der Waals surface area (Å²) >= 11 is 0. The second-order valence-electron chi connectivity index (χ2n) is 7.80. The maximum atomic E-state index is 12.7. The van der Waals surface area contributed by atoms with Gasteiger partial charge in [-0.2, -0.15) is 0 Å². The molecule has 0 atom stereocenters. The maximum Gasteiger partial charge on any atom is 0.251 e. The first-order chi connectivity index (χ1) is 14.4. The van der Waals surface area contributed by atoms with Crippen molar-refractivity contribution in [3.8, 4) is 5.75 Å². The Morgan fingerprint density at radius 2 is 1.83 bits per heavy atom. The van der Waals surface area contributed by atoms with E-state index in [-0.39, 0.29) is 11.8 Å². The molecule has 8 heteroatoms. The number of aliphatic imine (C=N–C) groups is 1. The minimum atomic E-state index is -0.396. The lowest BCUT2D eigenvalue weighted by atomic mass is 9.85. The molecule has 0 aliphatic heterocycles. The van der Waals surface area contributed by atoms with Crippen LogP contribution in [0.4, 0.5) is 0 Å². The zero-order valence-corrected chi connectivity index (χ0v) is 18.6. The van der Waals surface area contributed by atoms with Crippen molar-refractivity contribution in [1.82, 2.24) is 20.9 Å². The van der Waals surface area contributed by atoms with E-state index in [4.69, 9.17) is 4.74 Å². The molecular formula is C22H35N5O3. The third kappa shape index (κ3) is 6.37. The molecule has 1 aromatic rings. The van der Waals surface area contributed by atoms with Crippen molar-refractivity contribution in [2.75, 3.05) is 47.4 Å². The molecule has 166 valence electrons. The van der Waals surface area contributed by atoms with E-state index in [0.717, 1.165) is 32.2 Å². The number of rotatable bonds is 9. The Kier molecular flexibility index (Phi) is 8.95. The summed E-state index contributed by atoms with van der Waals surface area (Å²) in [6.07, 6.45) is 3.89. The van der Waals surface area contributed by atoms with Crippen LogP contribution >= 0.6 is 0 Å².